The first kappa shape index (κ1) is 31.0. The van der Waals surface area contributed by atoms with Gasteiger partial charge in [-0.2, -0.15) is 13.2 Å². The van der Waals surface area contributed by atoms with Gasteiger partial charge in [0.2, 0.25) is 5.91 Å². The summed E-state index contributed by atoms with van der Waals surface area (Å²) in [4.78, 5) is 63.4. The Morgan fingerprint density at radius 2 is 1.68 bits per heavy atom. The number of aliphatic carboxylic acids is 1. The average Bonchev–Trinajstić information content (AvgIpc) is 2.74. The number of H-pyrrole nitrogens is 1. The lowest BCUT2D eigenvalue weighted by Crippen LogP contribution is -2.59. The van der Waals surface area contributed by atoms with Crippen molar-refractivity contribution in [3.63, 3.8) is 0 Å². The molecule has 2 unspecified atom stereocenters. The van der Waals surface area contributed by atoms with Gasteiger partial charge in [-0.05, 0) is 30.1 Å². The highest BCUT2D eigenvalue weighted by Crippen LogP contribution is 2.41. The fraction of sp³-hybridized carbons (Fsp3) is 0.609. The molecule has 0 saturated heterocycles. The Morgan fingerprint density at radius 3 is 2.16 bits per heavy atom. The number of aromatic nitrogens is 3. The van der Waals surface area contributed by atoms with Crippen LogP contribution in [0.15, 0.2) is 26.6 Å². The topological polar surface area (TPSA) is 152 Å². The molecule has 2 rings (SSSR count). The maximum absolute atomic E-state index is 14.1. The summed E-state index contributed by atoms with van der Waals surface area (Å²) in [5.41, 5.74) is -3.58. The second-order valence-electron chi connectivity index (χ2n) is 10.9. The van der Waals surface area contributed by atoms with Crippen LogP contribution in [0, 0.1) is 5.92 Å². The van der Waals surface area contributed by atoms with Crippen LogP contribution in [0.2, 0.25) is 18.1 Å². The lowest BCUT2D eigenvalue weighted by Gasteiger charge is -2.42. The third-order valence-electron chi connectivity index (χ3n) is 6.65. The molecular weight excluding hydrogens is 529 g/mol. The van der Waals surface area contributed by atoms with E-state index in [2.05, 4.69) is 10.3 Å². The van der Waals surface area contributed by atoms with Crippen LogP contribution in [0.25, 0.3) is 10.9 Å². The highest BCUT2D eigenvalue weighted by atomic mass is 28.4. The molecule has 15 heteroatoms. The van der Waals surface area contributed by atoms with Crippen molar-refractivity contribution in [3.05, 3.63) is 43.5 Å². The smallest absolute Gasteiger partial charge is 0.415 e. The van der Waals surface area contributed by atoms with Gasteiger partial charge in [-0.25, -0.2) is 9.36 Å². The fourth-order valence-corrected chi connectivity index (χ4v) is 4.77. The maximum atomic E-state index is 14.1. The standard InChI is InChI=1S/C23H33F3N4O7Si/c1-12(2)16(18(23(24,25)26)37-38(6,7)22(3,4)5)27-14(31)10-29-9-8-13-17(20(29)35)28-21(36)30(19(13)34)11-15(32)33/h8-9,12,16,18H,10-11H2,1-7H3,(H,27,31)(H,28,36)(H,32,33). The van der Waals surface area contributed by atoms with Crippen LogP contribution in [0.5, 0.6) is 0 Å². The monoisotopic (exact) mass is 562 g/mol. The molecule has 0 fully saturated rings. The molecule has 0 radical (unpaired) electrons. The van der Waals surface area contributed by atoms with E-state index in [1.807, 2.05) is 0 Å². The number of nitrogens with zero attached hydrogens (tertiary/aromatic N) is 2. The Bertz CT molecular complexity index is 1390. The van der Waals surface area contributed by atoms with Gasteiger partial charge in [0.15, 0.2) is 14.4 Å². The Kier molecular flexibility index (Phi) is 8.88. The fourth-order valence-electron chi connectivity index (χ4n) is 3.50. The van der Waals surface area contributed by atoms with Crippen LogP contribution in [0.1, 0.15) is 34.6 Å². The number of carboxylic acids is 1. The van der Waals surface area contributed by atoms with Crippen molar-refractivity contribution in [2.24, 2.45) is 5.92 Å². The number of carboxylic acid groups (broad SMARTS) is 1. The number of halogens is 3. The molecule has 0 spiro atoms. The van der Waals surface area contributed by atoms with E-state index in [9.17, 15) is 37.1 Å². The first-order valence-electron chi connectivity index (χ1n) is 11.8. The molecule has 2 aromatic heterocycles. The predicted octanol–water partition coefficient (Wildman–Crippen LogP) is 2.03. The van der Waals surface area contributed by atoms with E-state index >= 15 is 0 Å². The van der Waals surface area contributed by atoms with Gasteiger partial charge in [0, 0.05) is 6.20 Å². The van der Waals surface area contributed by atoms with Crippen molar-refractivity contribution in [1.29, 1.82) is 0 Å². The molecule has 0 aliphatic heterocycles. The van der Waals surface area contributed by atoms with Gasteiger partial charge in [-0.3, -0.25) is 19.2 Å². The molecule has 0 saturated carbocycles. The highest BCUT2D eigenvalue weighted by molar-refractivity contribution is 6.74. The van der Waals surface area contributed by atoms with Crippen LogP contribution in [0.4, 0.5) is 13.2 Å². The van der Waals surface area contributed by atoms with E-state index in [0.29, 0.717) is 4.57 Å². The second-order valence-corrected chi connectivity index (χ2v) is 15.7. The number of fused-ring (bicyclic) bond motifs is 1. The van der Waals surface area contributed by atoms with E-state index in [-0.39, 0.29) is 5.39 Å². The van der Waals surface area contributed by atoms with Crippen LogP contribution >= 0.6 is 0 Å². The van der Waals surface area contributed by atoms with Crippen molar-refractivity contribution >= 4 is 31.1 Å². The van der Waals surface area contributed by atoms with Gasteiger partial charge in [-0.15, -0.1) is 0 Å². The van der Waals surface area contributed by atoms with Crippen molar-refractivity contribution in [1.82, 2.24) is 19.4 Å². The normalized spacial score (nSPS) is 14.5. The van der Waals surface area contributed by atoms with E-state index in [0.717, 1.165) is 16.8 Å². The molecular formula is C23H33F3N4O7Si. The van der Waals surface area contributed by atoms with Gasteiger partial charge in [0.1, 0.15) is 18.6 Å². The summed E-state index contributed by atoms with van der Waals surface area (Å²) in [7, 11) is -2.91. The van der Waals surface area contributed by atoms with Crippen LogP contribution in [0.3, 0.4) is 0 Å². The Morgan fingerprint density at radius 1 is 1.11 bits per heavy atom. The quantitative estimate of drug-likeness (QED) is 0.396. The number of amides is 1. The average molecular weight is 563 g/mol. The van der Waals surface area contributed by atoms with Gasteiger partial charge >= 0.3 is 17.8 Å². The predicted molar refractivity (Wildman–Crippen MR) is 136 cm³/mol. The molecule has 0 aliphatic carbocycles. The second kappa shape index (κ2) is 10.9. The Labute approximate surface area is 216 Å². The summed E-state index contributed by atoms with van der Waals surface area (Å²) < 4.78 is 49.3. The van der Waals surface area contributed by atoms with Gasteiger partial charge in [0.05, 0.1) is 11.4 Å². The minimum absolute atomic E-state index is 0.285. The van der Waals surface area contributed by atoms with Crippen LogP contribution in [-0.4, -0.2) is 57.7 Å². The van der Waals surface area contributed by atoms with Crippen molar-refractivity contribution in [3.8, 4) is 0 Å². The minimum Gasteiger partial charge on any atom is -0.480 e. The Balaban J connectivity index is 2.42. The first-order valence-corrected chi connectivity index (χ1v) is 14.7. The molecule has 1 amide bonds. The third-order valence-corrected chi connectivity index (χ3v) is 11.1. The van der Waals surface area contributed by atoms with Crippen molar-refractivity contribution in [2.75, 3.05) is 0 Å². The zero-order valence-corrected chi connectivity index (χ0v) is 23.2. The molecule has 0 aliphatic rings. The summed E-state index contributed by atoms with van der Waals surface area (Å²) in [6, 6.07) is -0.351. The number of nitrogens with one attached hydrogen (secondary N) is 2. The van der Waals surface area contributed by atoms with Crippen molar-refractivity contribution < 1.29 is 32.3 Å². The van der Waals surface area contributed by atoms with E-state index in [1.165, 1.54) is 13.8 Å². The number of pyridine rings is 1. The third kappa shape index (κ3) is 6.81. The largest absolute Gasteiger partial charge is 0.480 e. The molecule has 0 bridgehead atoms. The lowest BCUT2D eigenvalue weighted by atomic mass is 9.98. The van der Waals surface area contributed by atoms with E-state index in [4.69, 9.17) is 9.53 Å². The number of hydrogen-bond donors (Lipinski definition) is 3. The zero-order chi connectivity index (χ0) is 29.4. The summed E-state index contributed by atoms with van der Waals surface area (Å²) in [6.07, 6.45) is -6.01. The molecule has 38 heavy (non-hydrogen) atoms. The van der Waals surface area contributed by atoms with Crippen LogP contribution in [-0.2, 0) is 27.1 Å². The Hall–Kier alpha value is -3.20. The highest BCUT2D eigenvalue weighted by Gasteiger charge is 2.52. The summed E-state index contributed by atoms with van der Waals surface area (Å²) in [5, 5.41) is 10.4. The molecule has 2 heterocycles. The number of hydrogen-bond acceptors (Lipinski definition) is 6. The number of aromatic amines is 1. The minimum atomic E-state index is -4.78. The first-order chi connectivity index (χ1) is 17.2. The van der Waals surface area contributed by atoms with E-state index in [1.54, 1.807) is 33.9 Å². The lowest BCUT2D eigenvalue weighted by molar-refractivity contribution is -0.210. The molecule has 11 nitrogen and oxygen atoms in total. The molecule has 2 atom stereocenters. The number of carbonyl (C=O) groups excluding carboxylic acids is 1. The number of carbonyl (C=O) groups is 2. The maximum Gasteiger partial charge on any atom is 0.415 e. The van der Waals surface area contributed by atoms with Crippen LogP contribution < -0.4 is 22.1 Å². The summed E-state index contributed by atoms with van der Waals surface area (Å²) >= 11 is 0. The SMILES string of the molecule is CC(C)C(NC(=O)Cn1ccc2c(=O)n(CC(=O)O)c(=O)[nH]c2c1=O)C(O[Si](C)(C)C(C)(C)C)C(F)(F)F. The van der Waals surface area contributed by atoms with Gasteiger partial charge in [-0.1, -0.05) is 34.6 Å². The summed E-state index contributed by atoms with van der Waals surface area (Å²) in [6.45, 7) is 10.1. The van der Waals surface area contributed by atoms with Gasteiger partial charge < -0.3 is 24.4 Å². The number of alkyl halides is 3. The molecule has 3 N–H and O–H groups in total. The van der Waals surface area contributed by atoms with E-state index < -0.39 is 84.9 Å². The zero-order valence-electron chi connectivity index (χ0n) is 22.2. The van der Waals surface area contributed by atoms with Crippen molar-refractivity contribution in [2.45, 2.75) is 84.2 Å². The molecule has 212 valence electrons. The molecule has 2 aromatic rings. The van der Waals surface area contributed by atoms with Gasteiger partial charge in [0.25, 0.3) is 11.1 Å². The molecule has 0 aromatic carbocycles. The number of rotatable bonds is 9. The summed E-state index contributed by atoms with van der Waals surface area (Å²) in [5.74, 6) is -3.05.